The van der Waals surface area contributed by atoms with Crippen molar-refractivity contribution in [3.05, 3.63) is 77.4 Å². The fourth-order valence-electron chi connectivity index (χ4n) is 4.75. The summed E-state index contributed by atoms with van der Waals surface area (Å²) in [4.78, 5) is 39.7. The van der Waals surface area contributed by atoms with Gasteiger partial charge in [0.1, 0.15) is 0 Å². The van der Waals surface area contributed by atoms with Gasteiger partial charge in [-0.15, -0.1) is 0 Å². The van der Waals surface area contributed by atoms with Gasteiger partial charge in [-0.05, 0) is 30.0 Å². The van der Waals surface area contributed by atoms with Crippen LogP contribution in [-0.2, 0) is 21.9 Å². The van der Waals surface area contributed by atoms with E-state index in [4.69, 9.17) is 0 Å². The van der Waals surface area contributed by atoms with E-state index in [9.17, 15) is 40.7 Å². The number of anilines is 1. The number of benzene rings is 2. The number of carbonyl (C=O) groups excluding carboxylic acids is 3. The Morgan fingerprint density at radius 1 is 0.829 bits per heavy atom. The van der Waals surface area contributed by atoms with Gasteiger partial charge in [-0.3, -0.25) is 14.4 Å². The number of Topliss-reactive ketones (excluding diaryl/α,β-unsaturated/α-hetero) is 1. The quantitative estimate of drug-likeness (QED) is 0.229. The van der Waals surface area contributed by atoms with Gasteiger partial charge in [0.15, 0.2) is 5.78 Å². The maximum Gasteiger partial charge on any atom is 0.416 e. The second kappa shape index (κ2) is 8.66. The Balaban J connectivity index is 1.73. The van der Waals surface area contributed by atoms with Gasteiger partial charge in [0, 0.05) is 12.0 Å². The van der Waals surface area contributed by atoms with Crippen molar-refractivity contribution in [2.45, 2.75) is 25.7 Å². The monoisotopic (exact) mass is 495 g/mol. The topological polar surface area (TPSA) is 54.5 Å². The number of hydrogen-bond donors (Lipinski definition) is 0. The van der Waals surface area contributed by atoms with Crippen molar-refractivity contribution >= 4 is 23.3 Å². The third-order valence-electron chi connectivity index (χ3n) is 6.44. The van der Waals surface area contributed by atoms with Crippen LogP contribution in [-0.4, -0.2) is 17.6 Å². The molecule has 2 aromatic carbocycles. The molecule has 2 aliphatic rings. The van der Waals surface area contributed by atoms with E-state index in [1.807, 2.05) is 0 Å². The summed E-state index contributed by atoms with van der Waals surface area (Å²) in [7, 11) is 0. The van der Waals surface area contributed by atoms with Crippen molar-refractivity contribution in [1.82, 2.24) is 0 Å². The number of ketones is 1. The van der Waals surface area contributed by atoms with Crippen LogP contribution >= 0.6 is 0 Å². The molecule has 4 nitrogen and oxygen atoms in total. The number of hydrogen-bond acceptors (Lipinski definition) is 3. The molecule has 1 saturated heterocycles. The first-order valence-electron chi connectivity index (χ1n) is 10.7. The lowest BCUT2D eigenvalue weighted by Gasteiger charge is -2.29. The minimum atomic E-state index is -5.13. The van der Waals surface area contributed by atoms with Gasteiger partial charge in [-0.1, -0.05) is 49.4 Å². The number of carbonyl (C=O) groups is 3. The predicted octanol–water partition coefficient (Wildman–Crippen LogP) is 5.92. The van der Waals surface area contributed by atoms with Gasteiger partial charge in [-0.25, -0.2) is 4.90 Å². The number of alkyl halides is 6. The summed E-state index contributed by atoms with van der Waals surface area (Å²) < 4.78 is 80.0. The van der Waals surface area contributed by atoms with Crippen LogP contribution in [0.5, 0.6) is 0 Å². The summed E-state index contributed by atoms with van der Waals surface area (Å²) >= 11 is 0. The molecule has 0 spiro atoms. The van der Waals surface area contributed by atoms with Crippen LogP contribution < -0.4 is 4.90 Å². The predicted molar refractivity (Wildman–Crippen MR) is 113 cm³/mol. The zero-order chi connectivity index (χ0) is 25.7. The number of fused-ring (bicyclic) bond motifs is 1. The molecule has 1 aliphatic carbocycles. The van der Waals surface area contributed by atoms with Gasteiger partial charge in [-0.2, -0.15) is 26.3 Å². The normalized spacial score (nSPS) is 24.6. The largest absolute Gasteiger partial charge is 0.416 e. The van der Waals surface area contributed by atoms with E-state index in [0.29, 0.717) is 22.6 Å². The van der Waals surface area contributed by atoms with E-state index >= 15 is 0 Å². The lowest BCUT2D eigenvalue weighted by molar-refractivity contribution is -0.143. The van der Waals surface area contributed by atoms with Crippen molar-refractivity contribution in [1.29, 1.82) is 0 Å². The third kappa shape index (κ3) is 4.61. The van der Waals surface area contributed by atoms with Crippen molar-refractivity contribution < 1.29 is 40.7 Å². The summed E-state index contributed by atoms with van der Waals surface area (Å²) in [6.07, 6.45) is -7.14. The van der Waals surface area contributed by atoms with Crippen LogP contribution in [0.15, 0.2) is 60.7 Å². The third-order valence-corrected chi connectivity index (χ3v) is 6.44. The molecule has 1 aliphatic heterocycles. The summed E-state index contributed by atoms with van der Waals surface area (Å²) in [5.41, 5.74) is -3.66. The minimum absolute atomic E-state index is 0.0624. The second-order valence-electron chi connectivity index (χ2n) is 8.73. The maximum absolute atomic E-state index is 13.3. The number of imide groups is 1. The number of halogens is 6. The van der Waals surface area contributed by atoms with Crippen LogP contribution in [0.2, 0.25) is 0 Å². The lowest BCUT2D eigenvalue weighted by atomic mass is 9.70. The summed E-state index contributed by atoms with van der Waals surface area (Å²) in [5, 5.41) is 0. The lowest BCUT2D eigenvalue weighted by Crippen LogP contribution is -2.34. The summed E-state index contributed by atoms with van der Waals surface area (Å²) in [6.45, 7) is 1.63. The molecule has 35 heavy (non-hydrogen) atoms. The molecular formula is C25H19F6NO3. The van der Waals surface area contributed by atoms with E-state index in [1.54, 1.807) is 49.4 Å². The van der Waals surface area contributed by atoms with E-state index in [0.717, 1.165) is 0 Å². The second-order valence-corrected chi connectivity index (χ2v) is 8.73. The van der Waals surface area contributed by atoms with Crippen molar-refractivity contribution in [3.63, 3.8) is 0 Å². The van der Waals surface area contributed by atoms with E-state index in [2.05, 4.69) is 0 Å². The molecule has 0 saturated carbocycles. The van der Waals surface area contributed by atoms with E-state index in [-0.39, 0.29) is 18.3 Å². The Labute approximate surface area is 196 Å². The molecule has 0 radical (unpaired) electrons. The number of rotatable bonds is 4. The molecule has 4 atom stereocenters. The van der Waals surface area contributed by atoms with Gasteiger partial charge >= 0.3 is 12.4 Å². The molecule has 10 heteroatoms. The molecule has 4 rings (SSSR count). The summed E-state index contributed by atoms with van der Waals surface area (Å²) in [5.74, 6) is -5.44. The zero-order valence-electron chi connectivity index (χ0n) is 18.2. The number of nitrogens with zero attached hydrogens (tertiary/aromatic N) is 1. The Hall–Kier alpha value is -3.43. The van der Waals surface area contributed by atoms with Gasteiger partial charge < -0.3 is 0 Å². The first-order chi connectivity index (χ1) is 16.3. The molecule has 0 bridgehead atoms. The Kier molecular flexibility index (Phi) is 6.11. The first kappa shape index (κ1) is 24.7. The maximum atomic E-state index is 13.3. The van der Waals surface area contributed by atoms with Crippen molar-refractivity contribution in [2.75, 3.05) is 4.90 Å². The molecule has 1 heterocycles. The number of amides is 2. The minimum Gasteiger partial charge on any atom is -0.294 e. The standard InChI is InChI=1S/C25H19F6NO3/c1-13-7-8-15(9-19(33)14-5-3-2-4-6-14)21-20(13)22(34)32(23(21)35)18-11-16(24(26,27)28)10-17(12-18)25(29,30)31/h2-8,10-13,15,20-21H,9H2,1H3/t13-,15-,20?,21?/m1/s1. The van der Waals surface area contributed by atoms with Crippen LogP contribution in [0.3, 0.4) is 0 Å². The highest BCUT2D eigenvalue weighted by molar-refractivity contribution is 6.22. The van der Waals surface area contributed by atoms with Crippen LogP contribution in [0.25, 0.3) is 0 Å². The fourth-order valence-corrected chi connectivity index (χ4v) is 4.75. The molecule has 0 aromatic heterocycles. The average Bonchev–Trinajstić information content (AvgIpc) is 3.06. The molecule has 184 valence electrons. The van der Waals surface area contributed by atoms with E-state index in [1.165, 1.54) is 0 Å². The van der Waals surface area contributed by atoms with Gasteiger partial charge in [0.25, 0.3) is 0 Å². The smallest absolute Gasteiger partial charge is 0.294 e. The van der Waals surface area contributed by atoms with Gasteiger partial charge in [0.2, 0.25) is 11.8 Å². The molecular weight excluding hydrogens is 476 g/mol. The zero-order valence-corrected chi connectivity index (χ0v) is 18.2. The highest BCUT2D eigenvalue weighted by Crippen LogP contribution is 2.46. The van der Waals surface area contributed by atoms with Crippen LogP contribution in [0.4, 0.5) is 32.0 Å². The van der Waals surface area contributed by atoms with Crippen LogP contribution in [0.1, 0.15) is 34.8 Å². The van der Waals surface area contributed by atoms with Crippen molar-refractivity contribution in [2.24, 2.45) is 23.7 Å². The Morgan fingerprint density at radius 3 is 1.91 bits per heavy atom. The van der Waals surface area contributed by atoms with E-state index < -0.39 is 64.7 Å². The summed E-state index contributed by atoms with van der Waals surface area (Å²) in [6, 6.07) is 8.88. The average molecular weight is 495 g/mol. The molecule has 2 amide bonds. The molecule has 2 aromatic rings. The Bertz CT molecular complexity index is 1170. The SMILES string of the molecule is C[C@@H]1C=C[C@H](CC(=O)c2ccccc2)C2C(=O)N(c3cc(C(F)(F)F)cc(C(F)(F)F)c3)C(=O)C21. The highest BCUT2D eigenvalue weighted by atomic mass is 19.4. The van der Waals surface area contributed by atoms with Crippen molar-refractivity contribution in [3.8, 4) is 0 Å². The number of allylic oxidation sites excluding steroid dienone is 2. The fraction of sp³-hybridized carbons (Fsp3) is 0.320. The molecule has 2 unspecified atom stereocenters. The Morgan fingerprint density at radius 2 is 1.37 bits per heavy atom. The van der Waals surface area contributed by atoms with Gasteiger partial charge in [0.05, 0.1) is 28.7 Å². The molecule has 1 fully saturated rings. The molecule has 0 N–H and O–H groups in total. The van der Waals surface area contributed by atoms with Crippen LogP contribution in [0, 0.1) is 23.7 Å². The first-order valence-corrected chi connectivity index (χ1v) is 10.7. The highest BCUT2D eigenvalue weighted by Gasteiger charge is 2.54.